The molecule has 2 rings (SSSR count). The van der Waals surface area contributed by atoms with Gasteiger partial charge in [-0.3, -0.25) is 4.79 Å². The molecular formula is C17H21N3O5. The highest BCUT2D eigenvalue weighted by Gasteiger charge is 2.24. The minimum Gasteiger partial charge on any atom is -0.449 e. The number of hydrogen-bond acceptors (Lipinski definition) is 7. The second-order valence-corrected chi connectivity index (χ2v) is 5.31. The molecule has 8 nitrogen and oxygen atoms in total. The maximum atomic E-state index is 12.4. The number of aromatic nitrogens is 1. The van der Waals surface area contributed by atoms with E-state index in [0.29, 0.717) is 30.0 Å². The number of nitrogens with zero attached hydrogens (tertiary/aromatic N) is 1. The van der Waals surface area contributed by atoms with Crippen LogP contribution in [0.5, 0.6) is 0 Å². The van der Waals surface area contributed by atoms with E-state index in [1.807, 2.05) is 0 Å². The van der Waals surface area contributed by atoms with E-state index in [4.69, 9.17) is 14.4 Å². The highest BCUT2D eigenvalue weighted by molar-refractivity contribution is 5.99. The standard InChI is InChI=1S/C17H21N3O5/c1-3-14(16(22)19-15-10-11(2)25-20-15)24-17(23)12-6-4-5-7-13(12)18-8-9-21/h4-7,10,14,18,21H,3,8-9H2,1-2H3,(H,19,20,22). The zero-order valence-corrected chi connectivity index (χ0v) is 14.1. The number of para-hydroxylation sites is 1. The Morgan fingerprint density at radius 3 is 2.76 bits per heavy atom. The molecule has 0 aliphatic heterocycles. The van der Waals surface area contributed by atoms with Crippen LogP contribution in [0.15, 0.2) is 34.9 Å². The number of amides is 1. The van der Waals surface area contributed by atoms with Crippen molar-refractivity contribution < 1.29 is 24.0 Å². The Bertz CT molecular complexity index is 729. The van der Waals surface area contributed by atoms with E-state index in [1.165, 1.54) is 0 Å². The first-order chi connectivity index (χ1) is 12.0. The molecule has 2 aromatic rings. The van der Waals surface area contributed by atoms with Gasteiger partial charge in [0.2, 0.25) is 0 Å². The van der Waals surface area contributed by atoms with E-state index in [0.717, 1.165) is 0 Å². The average molecular weight is 347 g/mol. The molecule has 3 N–H and O–H groups in total. The lowest BCUT2D eigenvalue weighted by Gasteiger charge is -2.16. The zero-order valence-electron chi connectivity index (χ0n) is 14.1. The summed E-state index contributed by atoms with van der Waals surface area (Å²) in [6.07, 6.45) is -0.656. The Morgan fingerprint density at radius 1 is 1.36 bits per heavy atom. The molecule has 0 radical (unpaired) electrons. The Labute approximate surface area is 145 Å². The molecule has 0 aliphatic rings. The highest BCUT2D eigenvalue weighted by atomic mass is 16.5. The third-order valence-electron chi connectivity index (χ3n) is 3.37. The largest absolute Gasteiger partial charge is 0.449 e. The normalized spacial score (nSPS) is 11.6. The Morgan fingerprint density at radius 2 is 2.12 bits per heavy atom. The molecule has 0 fully saturated rings. The van der Waals surface area contributed by atoms with Crippen LogP contribution in [0, 0.1) is 6.92 Å². The molecule has 134 valence electrons. The molecule has 0 saturated carbocycles. The molecule has 1 amide bonds. The van der Waals surface area contributed by atoms with Gasteiger partial charge in [-0.2, -0.15) is 0 Å². The maximum absolute atomic E-state index is 12.4. The fourth-order valence-corrected chi connectivity index (χ4v) is 2.15. The smallest absolute Gasteiger partial charge is 0.341 e. The van der Waals surface area contributed by atoms with Crippen molar-refractivity contribution in [3.8, 4) is 0 Å². The van der Waals surface area contributed by atoms with Crippen LogP contribution in [0.25, 0.3) is 0 Å². The zero-order chi connectivity index (χ0) is 18.2. The molecule has 0 aliphatic carbocycles. The minimum atomic E-state index is -0.963. The molecule has 0 saturated heterocycles. The van der Waals surface area contributed by atoms with Crippen molar-refractivity contribution >= 4 is 23.4 Å². The monoisotopic (exact) mass is 347 g/mol. The van der Waals surface area contributed by atoms with E-state index < -0.39 is 18.0 Å². The van der Waals surface area contributed by atoms with Crippen LogP contribution in [-0.4, -0.2) is 41.4 Å². The van der Waals surface area contributed by atoms with Crippen LogP contribution in [0.3, 0.4) is 0 Å². The number of hydrogen-bond donors (Lipinski definition) is 3. The SMILES string of the molecule is CCC(OC(=O)c1ccccc1NCCO)C(=O)Nc1cc(C)on1. The first kappa shape index (κ1) is 18.5. The summed E-state index contributed by atoms with van der Waals surface area (Å²) in [6, 6.07) is 8.31. The summed E-state index contributed by atoms with van der Waals surface area (Å²) in [5.41, 5.74) is 0.823. The van der Waals surface area contributed by atoms with Gasteiger partial charge in [-0.15, -0.1) is 0 Å². The van der Waals surface area contributed by atoms with E-state index in [1.54, 1.807) is 44.2 Å². The van der Waals surface area contributed by atoms with E-state index in [9.17, 15) is 9.59 Å². The number of nitrogens with one attached hydrogen (secondary N) is 2. The van der Waals surface area contributed by atoms with Gasteiger partial charge in [0.1, 0.15) is 5.76 Å². The lowest BCUT2D eigenvalue weighted by molar-refractivity contribution is -0.124. The third kappa shape index (κ3) is 5.05. The van der Waals surface area contributed by atoms with E-state index >= 15 is 0 Å². The molecule has 0 bridgehead atoms. The molecule has 1 unspecified atom stereocenters. The van der Waals surface area contributed by atoms with Gasteiger partial charge in [0.05, 0.1) is 12.2 Å². The third-order valence-corrected chi connectivity index (χ3v) is 3.37. The van der Waals surface area contributed by atoms with Crippen LogP contribution >= 0.6 is 0 Å². The van der Waals surface area contributed by atoms with Crippen LogP contribution in [0.1, 0.15) is 29.5 Å². The number of benzene rings is 1. The quantitative estimate of drug-likeness (QED) is 0.625. The predicted molar refractivity (Wildman–Crippen MR) is 91.4 cm³/mol. The number of aryl methyl sites for hydroxylation is 1. The molecule has 8 heteroatoms. The Balaban J connectivity index is 2.05. The lowest BCUT2D eigenvalue weighted by Crippen LogP contribution is -2.32. The summed E-state index contributed by atoms with van der Waals surface area (Å²) < 4.78 is 10.2. The van der Waals surface area contributed by atoms with Gasteiger partial charge in [-0.05, 0) is 25.5 Å². The topological polar surface area (TPSA) is 114 Å². The summed E-state index contributed by atoms with van der Waals surface area (Å²) in [6.45, 7) is 3.67. The van der Waals surface area contributed by atoms with Gasteiger partial charge < -0.3 is 25.0 Å². The highest BCUT2D eigenvalue weighted by Crippen LogP contribution is 2.18. The molecular weight excluding hydrogens is 326 g/mol. The Kier molecular flexibility index (Phi) is 6.53. The summed E-state index contributed by atoms with van der Waals surface area (Å²) in [7, 11) is 0. The van der Waals surface area contributed by atoms with Crippen molar-refractivity contribution in [3.63, 3.8) is 0 Å². The van der Waals surface area contributed by atoms with Crippen LogP contribution in [-0.2, 0) is 9.53 Å². The van der Waals surface area contributed by atoms with Crippen molar-refractivity contribution in [2.75, 3.05) is 23.8 Å². The lowest BCUT2D eigenvalue weighted by atomic mass is 10.1. The van der Waals surface area contributed by atoms with E-state index in [2.05, 4.69) is 15.8 Å². The van der Waals surface area contributed by atoms with Crippen molar-refractivity contribution in [1.82, 2.24) is 5.16 Å². The van der Waals surface area contributed by atoms with Gasteiger partial charge in [-0.1, -0.05) is 24.2 Å². The van der Waals surface area contributed by atoms with Gasteiger partial charge in [0.25, 0.3) is 5.91 Å². The molecule has 0 spiro atoms. The number of aliphatic hydroxyl groups is 1. The van der Waals surface area contributed by atoms with Crippen LogP contribution in [0.4, 0.5) is 11.5 Å². The second-order valence-electron chi connectivity index (χ2n) is 5.31. The molecule has 1 heterocycles. The summed E-state index contributed by atoms with van der Waals surface area (Å²) >= 11 is 0. The van der Waals surface area contributed by atoms with Crippen molar-refractivity contribution in [2.45, 2.75) is 26.4 Å². The van der Waals surface area contributed by atoms with Gasteiger partial charge >= 0.3 is 5.97 Å². The van der Waals surface area contributed by atoms with Gasteiger partial charge in [-0.25, -0.2) is 4.79 Å². The molecule has 25 heavy (non-hydrogen) atoms. The molecule has 1 atom stereocenters. The molecule has 1 aromatic heterocycles. The van der Waals surface area contributed by atoms with Gasteiger partial charge in [0, 0.05) is 18.3 Å². The van der Waals surface area contributed by atoms with E-state index in [-0.39, 0.29) is 12.4 Å². The first-order valence-electron chi connectivity index (χ1n) is 7.94. The molecule has 1 aromatic carbocycles. The predicted octanol–water partition coefficient (Wildman–Crippen LogP) is 1.96. The van der Waals surface area contributed by atoms with Crippen LogP contribution in [0.2, 0.25) is 0 Å². The number of esters is 1. The maximum Gasteiger partial charge on any atom is 0.341 e. The fraction of sp³-hybridized carbons (Fsp3) is 0.353. The second kappa shape index (κ2) is 8.84. The Hall–Kier alpha value is -2.87. The van der Waals surface area contributed by atoms with Crippen LogP contribution < -0.4 is 10.6 Å². The fourth-order valence-electron chi connectivity index (χ4n) is 2.15. The van der Waals surface area contributed by atoms with Crippen molar-refractivity contribution in [1.29, 1.82) is 0 Å². The van der Waals surface area contributed by atoms with Crippen molar-refractivity contribution in [3.05, 3.63) is 41.7 Å². The summed E-state index contributed by atoms with van der Waals surface area (Å²) in [4.78, 5) is 24.7. The summed E-state index contributed by atoms with van der Waals surface area (Å²) in [5, 5.41) is 18.1. The van der Waals surface area contributed by atoms with Gasteiger partial charge in [0.15, 0.2) is 11.9 Å². The number of aliphatic hydroxyl groups excluding tert-OH is 1. The number of ether oxygens (including phenoxy) is 1. The number of carbonyl (C=O) groups is 2. The average Bonchev–Trinajstić information content (AvgIpc) is 3.02. The number of rotatable bonds is 8. The first-order valence-corrected chi connectivity index (χ1v) is 7.94. The minimum absolute atomic E-state index is 0.0690. The summed E-state index contributed by atoms with van der Waals surface area (Å²) in [5.74, 6) is -0.282. The van der Waals surface area contributed by atoms with Crippen molar-refractivity contribution in [2.24, 2.45) is 0 Å². The number of anilines is 2. The number of carbonyl (C=O) groups excluding carboxylic acids is 2.